The van der Waals surface area contributed by atoms with E-state index in [9.17, 15) is 8.78 Å². The van der Waals surface area contributed by atoms with Crippen LogP contribution in [0.5, 0.6) is 0 Å². The third-order valence-corrected chi connectivity index (χ3v) is 3.70. The van der Waals surface area contributed by atoms with Crippen LogP contribution in [0, 0.1) is 36.8 Å². The summed E-state index contributed by atoms with van der Waals surface area (Å²) in [6, 6.07) is 4.06. The molecular weight excluding hydrogens is 316 g/mol. The number of nitrogen functional groups attached to an aromatic ring is 1. The zero-order valence-corrected chi connectivity index (χ0v) is 11.8. The molecule has 0 atom stereocenters. The molecule has 0 radical (unpaired) electrons. The summed E-state index contributed by atoms with van der Waals surface area (Å²) in [6.45, 7) is 3.46. The Kier molecular flexibility index (Phi) is 3.33. The number of nitrogens with zero attached hydrogens (tertiary/aromatic N) is 2. The average molecular weight is 326 g/mol. The van der Waals surface area contributed by atoms with Gasteiger partial charge < -0.3 is 5.73 Å². The summed E-state index contributed by atoms with van der Waals surface area (Å²) in [5.74, 6) is -1.29. The van der Waals surface area contributed by atoms with E-state index in [0.717, 1.165) is 6.07 Å². The van der Waals surface area contributed by atoms with Gasteiger partial charge in [0.05, 0.1) is 15.7 Å². The van der Waals surface area contributed by atoms with Gasteiger partial charge in [-0.15, -0.1) is 0 Å². The van der Waals surface area contributed by atoms with Gasteiger partial charge in [-0.05, 0) is 41.4 Å². The van der Waals surface area contributed by atoms with Crippen molar-refractivity contribution in [2.75, 3.05) is 5.73 Å². The number of aromatic nitrogens is 1. The highest BCUT2D eigenvalue weighted by atomic mass is 79.9. The van der Waals surface area contributed by atoms with Crippen molar-refractivity contribution in [3.8, 4) is 11.8 Å². The molecule has 1 heterocycles. The van der Waals surface area contributed by atoms with Crippen LogP contribution in [-0.4, -0.2) is 4.57 Å². The van der Waals surface area contributed by atoms with Crippen LogP contribution < -0.4 is 5.73 Å². The van der Waals surface area contributed by atoms with Crippen molar-refractivity contribution in [2.24, 2.45) is 0 Å². The molecule has 0 saturated carbocycles. The van der Waals surface area contributed by atoms with Gasteiger partial charge in [-0.1, -0.05) is 0 Å². The zero-order chi connectivity index (χ0) is 14.3. The fourth-order valence-corrected chi connectivity index (χ4v) is 2.30. The van der Waals surface area contributed by atoms with E-state index in [2.05, 4.69) is 15.9 Å². The van der Waals surface area contributed by atoms with Crippen molar-refractivity contribution in [2.45, 2.75) is 13.8 Å². The first kappa shape index (κ1) is 13.6. The molecule has 98 valence electrons. The predicted octanol–water partition coefficient (Wildman–Crippen LogP) is 3.59. The lowest BCUT2D eigenvalue weighted by molar-refractivity contribution is 0.573. The van der Waals surface area contributed by atoms with Crippen molar-refractivity contribution < 1.29 is 8.78 Å². The van der Waals surface area contributed by atoms with Crippen LogP contribution in [0.25, 0.3) is 5.69 Å². The van der Waals surface area contributed by atoms with E-state index in [1.807, 2.05) is 6.07 Å². The number of rotatable bonds is 1. The summed E-state index contributed by atoms with van der Waals surface area (Å²) in [6.07, 6.45) is 0. The molecule has 3 nitrogen and oxygen atoms in total. The molecule has 2 aromatic rings. The van der Waals surface area contributed by atoms with Gasteiger partial charge >= 0.3 is 0 Å². The van der Waals surface area contributed by atoms with Gasteiger partial charge in [0.2, 0.25) is 0 Å². The van der Waals surface area contributed by atoms with Gasteiger partial charge in [-0.2, -0.15) is 5.26 Å². The van der Waals surface area contributed by atoms with E-state index < -0.39 is 11.6 Å². The highest BCUT2D eigenvalue weighted by Crippen LogP contribution is 2.31. The first-order chi connectivity index (χ1) is 8.88. The van der Waals surface area contributed by atoms with Gasteiger partial charge in [-0.3, -0.25) is 4.57 Å². The Balaban J connectivity index is 2.81. The van der Waals surface area contributed by atoms with Crippen LogP contribution in [0.1, 0.15) is 16.8 Å². The van der Waals surface area contributed by atoms with Crippen LogP contribution in [0.2, 0.25) is 0 Å². The number of hydrogen-bond acceptors (Lipinski definition) is 2. The molecule has 0 aliphatic rings. The first-order valence-corrected chi connectivity index (χ1v) is 6.20. The molecule has 6 heteroatoms. The third-order valence-electron chi connectivity index (χ3n) is 3.09. The molecule has 0 spiro atoms. The summed E-state index contributed by atoms with van der Waals surface area (Å²) in [5.41, 5.74) is 7.60. The van der Waals surface area contributed by atoms with Gasteiger partial charge in [0.15, 0.2) is 0 Å². The van der Waals surface area contributed by atoms with Crippen molar-refractivity contribution in [1.29, 1.82) is 5.26 Å². The second-order valence-corrected chi connectivity index (χ2v) is 4.99. The molecule has 0 saturated heterocycles. The SMILES string of the molecule is Cc1c(C#N)c(N)n(-c2cc(Br)c(F)cc2F)c1C. The van der Waals surface area contributed by atoms with Crippen molar-refractivity contribution in [3.05, 3.63) is 45.1 Å². The summed E-state index contributed by atoms with van der Waals surface area (Å²) in [7, 11) is 0. The quantitative estimate of drug-likeness (QED) is 0.814. The molecule has 0 unspecified atom stereocenters. The number of halogens is 3. The minimum atomic E-state index is -0.741. The maximum absolute atomic E-state index is 13.9. The molecule has 0 amide bonds. The molecule has 0 aliphatic heterocycles. The average Bonchev–Trinajstić information content (AvgIpc) is 2.56. The Labute approximate surface area is 117 Å². The lowest BCUT2D eigenvalue weighted by atomic mass is 10.2. The smallest absolute Gasteiger partial charge is 0.150 e. The topological polar surface area (TPSA) is 54.7 Å². The van der Waals surface area contributed by atoms with Crippen molar-refractivity contribution in [3.63, 3.8) is 0 Å². The molecule has 1 aromatic carbocycles. The maximum atomic E-state index is 13.9. The van der Waals surface area contributed by atoms with Gasteiger partial charge in [0.25, 0.3) is 0 Å². The van der Waals surface area contributed by atoms with Gasteiger partial charge in [0, 0.05) is 11.8 Å². The van der Waals surface area contributed by atoms with E-state index in [-0.39, 0.29) is 16.0 Å². The fourth-order valence-electron chi connectivity index (χ4n) is 1.97. The minimum absolute atomic E-state index is 0.105. The van der Waals surface area contributed by atoms with Crippen molar-refractivity contribution >= 4 is 21.7 Å². The summed E-state index contributed by atoms with van der Waals surface area (Å²) >= 11 is 3.01. The van der Waals surface area contributed by atoms with Crippen molar-refractivity contribution in [1.82, 2.24) is 4.57 Å². The molecule has 0 bridgehead atoms. The van der Waals surface area contributed by atoms with E-state index in [1.165, 1.54) is 10.6 Å². The molecule has 19 heavy (non-hydrogen) atoms. The Morgan fingerprint density at radius 2 is 1.89 bits per heavy atom. The number of hydrogen-bond donors (Lipinski definition) is 1. The maximum Gasteiger partial charge on any atom is 0.150 e. The van der Waals surface area contributed by atoms with Crippen LogP contribution >= 0.6 is 15.9 Å². The van der Waals surface area contributed by atoms with E-state index in [0.29, 0.717) is 16.8 Å². The van der Waals surface area contributed by atoms with E-state index >= 15 is 0 Å². The van der Waals surface area contributed by atoms with Gasteiger partial charge in [-0.25, -0.2) is 8.78 Å². The number of nitriles is 1. The van der Waals surface area contributed by atoms with E-state index in [4.69, 9.17) is 11.0 Å². The zero-order valence-electron chi connectivity index (χ0n) is 10.3. The predicted molar refractivity (Wildman–Crippen MR) is 72.0 cm³/mol. The largest absolute Gasteiger partial charge is 0.384 e. The molecule has 0 aliphatic carbocycles. The molecule has 2 N–H and O–H groups in total. The first-order valence-electron chi connectivity index (χ1n) is 5.40. The summed E-state index contributed by atoms with van der Waals surface area (Å²) < 4.78 is 28.7. The second kappa shape index (κ2) is 4.67. The van der Waals surface area contributed by atoms with Gasteiger partial charge in [0.1, 0.15) is 23.5 Å². The summed E-state index contributed by atoms with van der Waals surface area (Å²) in [4.78, 5) is 0. The highest BCUT2D eigenvalue weighted by Gasteiger charge is 2.19. The molecular formula is C13H10BrF2N3. The number of anilines is 1. The lowest BCUT2D eigenvalue weighted by Gasteiger charge is -2.11. The van der Waals surface area contributed by atoms with E-state index in [1.54, 1.807) is 13.8 Å². The van der Waals surface area contributed by atoms with Crippen LogP contribution in [-0.2, 0) is 0 Å². The minimum Gasteiger partial charge on any atom is -0.384 e. The Bertz CT molecular complexity index is 714. The number of nitrogens with two attached hydrogens (primary N) is 1. The Hall–Kier alpha value is -1.87. The molecule has 0 fully saturated rings. The summed E-state index contributed by atoms with van der Waals surface area (Å²) in [5, 5.41) is 9.05. The third kappa shape index (κ3) is 2.00. The van der Waals surface area contributed by atoms with Crippen LogP contribution in [0.4, 0.5) is 14.6 Å². The standard InChI is InChI=1S/C13H10BrF2N3/c1-6-7(2)19(13(18)8(6)5-17)12-3-9(14)10(15)4-11(12)16/h3-4H,18H2,1-2H3. The Morgan fingerprint density at radius 1 is 1.26 bits per heavy atom. The van der Waals surface area contributed by atoms with Crippen LogP contribution in [0.15, 0.2) is 16.6 Å². The second-order valence-electron chi connectivity index (χ2n) is 4.14. The van der Waals surface area contributed by atoms with Crippen LogP contribution in [0.3, 0.4) is 0 Å². The highest BCUT2D eigenvalue weighted by molar-refractivity contribution is 9.10. The number of benzene rings is 1. The molecule has 1 aromatic heterocycles. The lowest BCUT2D eigenvalue weighted by Crippen LogP contribution is -2.05. The Morgan fingerprint density at radius 3 is 2.42 bits per heavy atom. The fraction of sp³-hybridized carbons (Fsp3) is 0.154. The normalized spacial score (nSPS) is 10.5. The molecule has 2 rings (SSSR count). The monoisotopic (exact) mass is 325 g/mol.